The van der Waals surface area contributed by atoms with Gasteiger partial charge in [-0.05, 0) is 24.6 Å². The third kappa shape index (κ3) is 5.32. The lowest BCUT2D eigenvalue weighted by molar-refractivity contribution is 0.0901. The normalized spacial score (nSPS) is 16.4. The molecule has 26 heavy (non-hydrogen) atoms. The second-order valence-electron chi connectivity index (χ2n) is 5.88. The lowest BCUT2D eigenvalue weighted by Gasteiger charge is -2.36. The standard InChI is InChI=1S/C18H27FN4O3/c1-4-26-18(24)23-11-9-22(10-12-23)17(20-2)21-13-16(25-3)14-5-7-15(19)8-6-14/h5-8,16H,4,9-13H2,1-3H3,(H,20,21). The van der Waals surface area contributed by atoms with E-state index in [0.29, 0.717) is 39.3 Å². The van der Waals surface area contributed by atoms with Gasteiger partial charge >= 0.3 is 6.09 Å². The Morgan fingerprint density at radius 1 is 1.23 bits per heavy atom. The zero-order valence-corrected chi connectivity index (χ0v) is 15.6. The maximum absolute atomic E-state index is 13.1. The van der Waals surface area contributed by atoms with Crippen molar-refractivity contribution in [2.45, 2.75) is 13.0 Å². The van der Waals surface area contributed by atoms with Crippen LogP contribution in [0.25, 0.3) is 0 Å². The van der Waals surface area contributed by atoms with Gasteiger partial charge in [-0.2, -0.15) is 0 Å². The molecular weight excluding hydrogens is 339 g/mol. The summed E-state index contributed by atoms with van der Waals surface area (Å²) in [5.74, 6) is 0.476. The first-order valence-electron chi connectivity index (χ1n) is 8.74. The van der Waals surface area contributed by atoms with Gasteiger partial charge in [0.15, 0.2) is 5.96 Å². The van der Waals surface area contributed by atoms with Gasteiger partial charge in [-0.3, -0.25) is 4.99 Å². The van der Waals surface area contributed by atoms with Crippen LogP contribution >= 0.6 is 0 Å². The van der Waals surface area contributed by atoms with Crippen LogP contribution in [0.3, 0.4) is 0 Å². The SMILES string of the molecule is CCOC(=O)N1CCN(C(=NC)NCC(OC)c2ccc(F)cc2)CC1. The molecule has 144 valence electrons. The molecule has 8 heteroatoms. The van der Waals surface area contributed by atoms with Crippen LogP contribution in [-0.2, 0) is 9.47 Å². The summed E-state index contributed by atoms with van der Waals surface area (Å²) in [6.45, 7) is 5.21. The van der Waals surface area contributed by atoms with Gasteiger partial charge in [0.25, 0.3) is 0 Å². The minimum absolute atomic E-state index is 0.215. The minimum atomic E-state index is -0.272. The molecule has 0 spiro atoms. The Morgan fingerprint density at radius 3 is 2.38 bits per heavy atom. The van der Waals surface area contributed by atoms with Crippen molar-refractivity contribution in [3.63, 3.8) is 0 Å². The molecule has 1 atom stereocenters. The summed E-state index contributed by atoms with van der Waals surface area (Å²) < 4.78 is 23.6. The molecule has 1 saturated heterocycles. The number of halogens is 1. The number of amides is 1. The van der Waals surface area contributed by atoms with Gasteiger partial charge in [-0.1, -0.05) is 12.1 Å². The number of hydrogen-bond donors (Lipinski definition) is 1. The maximum Gasteiger partial charge on any atom is 0.409 e. The van der Waals surface area contributed by atoms with E-state index in [1.807, 2.05) is 0 Å². The number of ether oxygens (including phenoxy) is 2. The van der Waals surface area contributed by atoms with Gasteiger partial charge in [0, 0.05) is 46.9 Å². The molecule has 0 saturated carbocycles. The molecule has 1 aliphatic rings. The predicted octanol–water partition coefficient (Wildman–Crippen LogP) is 1.86. The third-order valence-electron chi connectivity index (χ3n) is 4.29. The monoisotopic (exact) mass is 366 g/mol. The van der Waals surface area contributed by atoms with E-state index < -0.39 is 0 Å². The topological polar surface area (TPSA) is 66.4 Å². The van der Waals surface area contributed by atoms with E-state index in [0.717, 1.165) is 11.5 Å². The number of nitrogens with one attached hydrogen (secondary N) is 1. The van der Waals surface area contributed by atoms with E-state index in [2.05, 4.69) is 15.2 Å². The Hall–Kier alpha value is -2.35. The Labute approximate surface area is 153 Å². The molecular formula is C18H27FN4O3. The molecule has 1 aromatic rings. The number of nitrogens with zero attached hydrogens (tertiary/aromatic N) is 3. The van der Waals surface area contributed by atoms with Gasteiger partial charge in [0.2, 0.25) is 0 Å². The number of carbonyl (C=O) groups excluding carboxylic acids is 1. The van der Waals surface area contributed by atoms with Crippen molar-refractivity contribution in [2.75, 3.05) is 53.5 Å². The summed E-state index contributed by atoms with van der Waals surface area (Å²) in [6.07, 6.45) is -0.487. The molecule has 1 aliphatic heterocycles. The highest BCUT2D eigenvalue weighted by Gasteiger charge is 2.24. The summed E-state index contributed by atoms with van der Waals surface area (Å²) in [6, 6.07) is 6.27. The average Bonchev–Trinajstić information content (AvgIpc) is 2.67. The number of aliphatic imine (C=N–C) groups is 1. The highest BCUT2D eigenvalue weighted by Crippen LogP contribution is 2.16. The van der Waals surface area contributed by atoms with Crippen molar-refractivity contribution in [3.05, 3.63) is 35.6 Å². The predicted molar refractivity (Wildman–Crippen MR) is 97.7 cm³/mol. The molecule has 1 aromatic carbocycles. The van der Waals surface area contributed by atoms with Crippen LogP contribution in [0.4, 0.5) is 9.18 Å². The summed E-state index contributed by atoms with van der Waals surface area (Å²) in [5, 5.41) is 3.29. The Balaban J connectivity index is 1.87. The number of rotatable bonds is 5. The number of carbonyl (C=O) groups is 1. The van der Waals surface area contributed by atoms with Gasteiger partial charge < -0.3 is 24.6 Å². The molecule has 1 heterocycles. The molecule has 1 unspecified atom stereocenters. The first-order chi connectivity index (χ1) is 12.6. The quantitative estimate of drug-likeness (QED) is 0.637. The molecule has 0 aromatic heterocycles. The Morgan fingerprint density at radius 2 is 1.85 bits per heavy atom. The molecule has 1 fully saturated rings. The van der Waals surface area contributed by atoms with Crippen LogP contribution in [0.15, 0.2) is 29.3 Å². The molecule has 1 amide bonds. The average molecular weight is 366 g/mol. The zero-order valence-electron chi connectivity index (χ0n) is 15.6. The molecule has 2 rings (SSSR count). The van der Waals surface area contributed by atoms with Crippen molar-refractivity contribution in [1.82, 2.24) is 15.1 Å². The molecule has 0 radical (unpaired) electrons. The Kier molecular flexibility index (Phi) is 7.65. The summed E-state index contributed by atoms with van der Waals surface area (Å²) in [7, 11) is 3.34. The first kappa shape index (κ1) is 20.0. The third-order valence-corrected chi connectivity index (χ3v) is 4.29. The number of hydrogen-bond acceptors (Lipinski definition) is 4. The van der Waals surface area contributed by atoms with Crippen molar-refractivity contribution < 1.29 is 18.7 Å². The lowest BCUT2D eigenvalue weighted by atomic mass is 10.1. The number of piperazine rings is 1. The van der Waals surface area contributed by atoms with Gasteiger partial charge in [0.05, 0.1) is 12.7 Å². The van der Waals surface area contributed by atoms with E-state index in [1.54, 1.807) is 38.1 Å². The Bertz CT molecular complexity index is 601. The molecule has 0 aliphatic carbocycles. The van der Waals surface area contributed by atoms with Crippen LogP contribution in [0.1, 0.15) is 18.6 Å². The molecule has 7 nitrogen and oxygen atoms in total. The van der Waals surface area contributed by atoms with Crippen LogP contribution in [0.2, 0.25) is 0 Å². The molecule has 1 N–H and O–H groups in total. The summed E-state index contributed by atoms with van der Waals surface area (Å²) in [5.41, 5.74) is 0.893. The summed E-state index contributed by atoms with van der Waals surface area (Å²) >= 11 is 0. The largest absolute Gasteiger partial charge is 0.450 e. The van der Waals surface area contributed by atoms with Crippen molar-refractivity contribution in [1.29, 1.82) is 0 Å². The van der Waals surface area contributed by atoms with E-state index >= 15 is 0 Å². The van der Waals surface area contributed by atoms with Gasteiger partial charge in [-0.15, -0.1) is 0 Å². The highest BCUT2D eigenvalue weighted by molar-refractivity contribution is 5.80. The number of guanidine groups is 1. The maximum atomic E-state index is 13.1. The fourth-order valence-electron chi connectivity index (χ4n) is 2.85. The van der Waals surface area contributed by atoms with E-state index in [4.69, 9.17) is 9.47 Å². The fraction of sp³-hybridized carbons (Fsp3) is 0.556. The van der Waals surface area contributed by atoms with E-state index in [-0.39, 0.29) is 18.0 Å². The van der Waals surface area contributed by atoms with Crippen LogP contribution in [0.5, 0.6) is 0 Å². The van der Waals surface area contributed by atoms with E-state index in [9.17, 15) is 9.18 Å². The lowest BCUT2D eigenvalue weighted by Crippen LogP contribution is -2.54. The van der Waals surface area contributed by atoms with Gasteiger partial charge in [0.1, 0.15) is 5.82 Å². The van der Waals surface area contributed by atoms with Crippen molar-refractivity contribution in [2.24, 2.45) is 4.99 Å². The number of methoxy groups -OCH3 is 1. The van der Waals surface area contributed by atoms with Crippen LogP contribution in [0, 0.1) is 5.82 Å². The first-order valence-corrected chi connectivity index (χ1v) is 8.74. The minimum Gasteiger partial charge on any atom is -0.450 e. The smallest absolute Gasteiger partial charge is 0.409 e. The second kappa shape index (κ2) is 9.96. The van der Waals surface area contributed by atoms with Crippen LogP contribution in [-0.4, -0.2) is 75.3 Å². The second-order valence-corrected chi connectivity index (χ2v) is 5.88. The summed E-state index contributed by atoms with van der Waals surface area (Å²) in [4.78, 5) is 19.9. The number of benzene rings is 1. The molecule has 0 bridgehead atoms. The van der Waals surface area contributed by atoms with Crippen LogP contribution < -0.4 is 5.32 Å². The van der Waals surface area contributed by atoms with Crippen molar-refractivity contribution in [3.8, 4) is 0 Å². The van der Waals surface area contributed by atoms with Gasteiger partial charge in [-0.25, -0.2) is 9.18 Å². The van der Waals surface area contributed by atoms with E-state index in [1.165, 1.54) is 12.1 Å². The fourth-order valence-corrected chi connectivity index (χ4v) is 2.85. The zero-order chi connectivity index (χ0) is 18.9. The highest BCUT2D eigenvalue weighted by atomic mass is 19.1. The van der Waals surface area contributed by atoms with Crippen molar-refractivity contribution >= 4 is 12.1 Å².